The summed E-state index contributed by atoms with van der Waals surface area (Å²) in [6, 6.07) is 2.64. The zero-order valence-corrected chi connectivity index (χ0v) is 13.0. The molecule has 2 N–H and O–H groups in total. The topological polar surface area (TPSA) is 49.6 Å². The molecule has 2 heterocycles. The molecule has 0 spiro atoms. The van der Waals surface area contributed by atoms with E-state index in [1.807, 2.05) is 16.3 Å². The quantitative estimate of drug-likeness (QED) is 0.792. The third-order valence-electron chi connectivity index (χ3n) is 3.81. The van der Waals surface area contributed by atoms with Crippen molar-refractivity contribution in [2.75, 3.05) is 26.7 Å². The van der Waals surface area contributed by atoms with Gasteiger partial charge in [0.2, 0.25) is 0 Å². The zero-order chi connectivity index (χ0) is 14.7. The number of piperazine rings is 1. The summed E-state index contributed by atoms with van der Waals surface area (Å²) in [7, 11) is 2.11. The minimum absolute atomic E-state index is 0.105. The second-order valence-corrected chi connectivity index (χ2v) is 6.19. The highest BCUT2D eigenvalue weighted by Crippen LogP contribution is 2.19. The molecule has 1 saturated heterocycles. The SMILES string of the molecule is CC1CN(C(=O)c2csc(C#CCN)c2)CC(C)N1C. The molecule has 1 amide bonds. The van der Waals surface area contributed by atoms with Crippen molar-refractivity contribution in [3.8, 4) is 11.8 Å². The molecule has 5 heteroatoms. The Kier molecular flexibility index (Phi) is 4.81. The van der Waals surface area contributed by atoms with Crippen LogP contribution in [0.25, 0.3) is 0 Å². The van der Waals surface area contributed by atoms with E-state index in [1.165, 1.54) is 11.3 Å². The summed E-state index contributed by atoms with van der Waals surface area (Å²) >= 11 is 1.50. The van der Waals surface area contributed by atoms with Gasteiger partial charge in [-0.3, -0.25) is 9.69 Å². The molecule has 1 aliphatic rings. The second-order valence-electron chi connectivity index (χ2n) is 5.28. The lowest BCUT2D eigenvalue weighted by Crippen LogP contribution is -2.56. The number of hydrogen-bond acceptors (Lipinski definition) is 4. The molecule has 1 aliphatic heterocycles. The van der Waals surface area contributed by atoms with E-state index in [0.717, 1.165) is 23.5 Å². The van der Waals surface area contributed by atoms with Crippen molar-refractivity contribution in [2.24, 2.45) is 5.73 Å². The predicted molar refractivity (Wildman–Crippen MR) is 82.8 cm³/mol. The Hall–Kier alpha value is -1.35. The van der Waals surface area contributed by atoms with Gasteiger partial charge in [-0.25, -0.2) is 0 Å². The fraction of sp³-hybridized carbons (Fsp3) is 0.533. The van der Waals surface area contributed by atoms with Crippen molar-refractivity contribution in [3.05, 3.63) is 21.9 Å². The van der Waals surface area contributed by atoms with E-state index >= 15 is 0 Å². The van der Waals surface area contributed by atoms with E-state index in [4.69, 9.17) is 5.73 Å². The molecule has 0 bridgehead atoms. The van der Waals surface area contributed by atoms with E-state index in [1.54, 1.807) is 0 Å². The molecular formula is C15H21N3OS. The molecule has 2 rings (SSSR count). The average molecular weight is 291 g/mol. The lowest BCUT2D eigenvalue weighted by molar-refractivity contribution is 0.0414. The molecule has 2 atom stereocenters. The maximum atomic E-state index is 12.5. The minimum Gasteiger partial charge on any atom is -0.336 e. The van der Waals surface area contributed by atoms with E-state index in [9.17, 15) is 4.79 Å². The third kappa shape index (κ3) is 3.21. The van der Waals surface area contributed by atoms with Crippen LogP contribution in [0.3, 0.4) is 0 Å². The molecule has 1 aromatic heterocycles. The van der Waals surface area contributed by atoms with Crippen LogP contribution in [-0.4, -0.2) is 54.5 Å². The predicted octanol–water partition coefficient (Wildman–Crippen LogP) is 1.22. The normalized spacial score (nSPS) is 23.3. The van der Waals surface area contributed by atoms with E-state index in [-0.39, 0.29) is 5.91 Å². The lowest BCUT2D eigenvalue weighted by atomic mass is 10.1. The lowest BCUT2D eigenvalue weighted by Gasteiger charge is -2.42. The Labute approximate surface area is 124 Å². The number of nitrogens with two attached hydrogens (primary N) is 1. The number of carbonyl (C=O) groups is 1. The van der Waals surface area contributed by atoms with Gasteiger partial charge in [-0.1, -0.05) is 11.8 Å². The largest absolute Gasteiger partial charge is 0.336 e. The Balaban J connectivity index is 2.09. The van der Waals surface area contributed by atoms with Gasteiger partial charge >= 0.3 is 0 Å². The van der Waals surface area contributed by atoms with Crippen LogP contribution in [0.4, 0.5) is 0 Å². The van der Waals surface area contributed by atoms with Gasteiger partial charge in [0.1, 0.15) is 0 Å². The van der Waals surface area contributed by atoms with Crippen LogP contribution in [0.2, 0.25) is 0 Å². The van der Waals surface area contributed by atoms with Crippen molar-refractivity contribution in [3.63, 3.8) is 0 Å². The number of carbonyl (C=O) groups excluding carboxylic acids is 1. The Morgan fingerprint density at radius 1 is 1.45 bits per heavy atom. The van der Waals surface area contributed by atoms with Gasteiger partial charge in [0.25, 0.3) is 5.91 Å². The highest BCUT2D eigenvalue weighted by atomic mass is 32.1. The van der Waals surface area contributed by atoms with E-state index in [2.05, 4.69) is 37.6 Å². The summed E-state index contributed by atoms with van der Waals surface area (Å²) in [5.41, 5.74) is 6.09. The standard InChI is InChI=1S/C15H21N3OS/c1-11-8-18(9-12(2)17(11)3)15(19)13-7-14(20-10-13)5-4-6-16/h7,10-12H,6,8-9,16H2,1-3H3. The van der Waals surface area contributed by atoms with Crippen LogP contribution in [0.1, 0.15) is 29.1 Å². The van der Waals surface area contributed by atoms with Crippen molar-refractivity contribution < 1.29 is 4.79 Å². The summed E-state index contributed by atoms with van der Waals surface area (Å²) < 4.78 is 0. The number of likely N-dealkylation sites (N-methyl/N-ethyl adjacent to an activating group) is 1. The van der Waals surface area contributed by atoms with Gasteiger partial charge in [-0.2, -0.15) is 0 Å². The molecule has 1 fully saturated rings. The molecule has 108 valence electrons. The van der Waals surface area contributed by atoms with Crippen LogP contribution < -0.4 is 5.73 Å². The van der Waals surface area contributed by atoms with Crippen LogP contribution in [0.5, 0.6) is 0 Å². The van der Waals surface area contributed by atoms with Crippen molar-refractivity contribution >= 4 is 17.2 Å². The maximum absolute atomic E-state index is 12.5. The summed E-state index contributed by atoms with van der Waals surface area (Å²) in [5, 5.41) is 1.89. The number of hydrogen-bond donors (Lipinski definition) is 1. The van der Waals surface area contributed by atoms with Crippen LogP contribution in [0.15, 0.2) is 11.4 Å². The summed E-state index contributed by atoms with van der Waals surface area (Å²) in [5.74, 6) is 5.89. The fourth-order valence-electron chi connectivity index (χ4n) is 2.40. The molecule has 0 saturated carbocycles. The first-order valence-electron chi connectivity index (χ1n) is 6.81. The maximum Gasteiger partial charge on any atom is 0.254 e. The number of rotatable bonds is 1. The molecule has 4 nitrogen and oxygen atoms in total. The number of nitrogens with zero attached hydrogens (tertiary/aromatic N) is 2. The van der Waals surface area contributed by atoms with Crippen LogP contribution in [0, 0.1) is 11.8 Å². The van der Waals surface area contributed by atoms with Crippen molar-refractivity contribution in [2.45, 2.75) is 25.9 Å². The minimum atomic E-state index is 0.105. The van der Waals surface area contributed by atoms with Crippen molar-refractivity contribution in [1.29, 1.82) is 0 Å². The van der Waals surface area contributed by atoms with Gasteiger partial charge in [0.15, 0.2) is 0 Å². The highest BCUT2D eigenvalue weighted by molar-refractivity contribution is 7.10. The average Bonchev–Trinajstić information content (AvgIpc) is 2.90. The smallest absolute Gasteiger partial charge is 0.254 e. The summed E-state index contributed by atoms with van der Waals surface area (Å²) in [6.45, 7) is 6.21. The Morgan fingerprint density at radius 3 is 2.70 bits per heavy atom. The van der Waals surface area contributed by atoms with Gasteiger partial charge in [0.05, 0.1) is 17.0 Å². The summed E-state index contributed by atoms with van der Waals surface area (Å²) in [6.07, 6.45) is 0. The Bertz CT molecular complexity index is 531. The monoisotopic (exact) mass is 291 g/mol. The zero-order valence-electron chi connectivity index (χ0n) is 12.2. The molecule has 0 radical (unpaired) electrons. The van der Waals surface area contributed by atoms with Crippen molar-refractivity contribution in [1.82, 2.24) is 9.80 Å². The van der Waals surface area contributed by atoms with E-state index in [0.29, 0.717) is 18.6 Å². The number of amides is 1. The van der Waals surface area contributed by atoms with Crippen LogP contribution in [-0.2, 0) is 0 Å². The summed E-state index contributed by atoms with van der Waals surface area (Å²) in [4.78, 5) is 17.7. The van der Waals surface area contributed by atoms with Gasteiger partial charge in [-0.15, -0.1) is 11.3 Å². The molecule has 2 unspecified atom stereocenters. The highest BCUT2D eigenvalue weighted by Gasteiger charge is 2.29. The van der Waals surface area contributed by atoms with Gasteiger partial charge in [-0.05, 0) is 27.0 Å². The second kappa shape index (κ2) is 6.40. The molecule has 20 heavy (non-hydrogen) atoms. The molecule has 0 aliphatic carbocycles. The number of thiophene rings is 1. The van der Waals surface area contributed by atoms with E-state index < -0.39 is 0 Å². The van der Waals surface area contributed by atoms with Gasteiger partial charge < -0.3 is 10.6 Å². The first kappa shape index (κ1) is 15.0. The van der Waals surface area contributed by atoms with Gasteiger partial charge in [0, 0.05) is 30.6 Å². The fourth-order valence-corrected chi connectivity index (χ4v) is 3.15. The first-order valence-corrected chi connectivity index (χ1v) is 7.69. The first-order chi connectivity index (χ1) is 9.52. The molecule has 1 aromatic rings. The Morgan fingerprint density at radius 2 is 2.10 bits per heavy atom. The third-order valence-corrected chi connectivity index (χ3v) is 4.65. The van der Waals surface area contributed by atoms with Crippen LogP contribution >= 0.6 is 11.3 Å². The molecule has 0 aromatic carbocycles. The molecular weight excluding hydrogens is 270 g/mol.